The quantitative estimate of drug-likeness (QED) is 0.592. The maximum Gasteiger partial charge on any atom is 0.292 e. The summed E-state index contributed by atoms with van der Waals surface area (Å²) in [5.41, 5.74) is -0.0434. The van der Waals surface area contributed by atoms with Crippen molar-refractivity contribution in [3.05, 3.63) is 55.7 Å². The van der Waals surface area contributed by atoms with Crippen molar-refractivity contribution in [2.45, 2.75) is 13.5 Å². The second-order valence-electron chi connectivity index (χ2n) is 5.00. The molecule has 0 aliphatic carbocycles. The topological polar surface area (TPSA) is 76.7 Å². The smallest absolute Gasteiger partial charge is 0.292 e. The standard InChI is InChI=1S/C15H16ClN3O3S/c1-2-18(9-12-4-3-7-23-12)10-15(20)17-13-8-11(16)5-6-14(13)19(21)22/h3-8H,2,9-10H2,1H3,(H,17,20)/p+1. The predicted octanol–water partition coefficient (Wildman–Crippen LogP) is 2.35. The molecule has 1 amide bonds. The van der Waals surface area contributed by atoms with E-state index < -0.39 is 4.92 Å². The van der Waals surface area contributed by atoms with Gasteiger partial charge in [-0.25, -0.2) is 0 Å². The van der Waals surface area contributed by atoms with Crippen molar-refractivity contribution in [3.63, 3.8) is 0 Å². The molecule has 122 valence electrons. The number of thiophene rings is 1. The van der Waals surface area contributed by atoms with Crippen molar-refractivity contribution in [1.29, 1.82) is 0 Å². The number of likely N-dealkylation sites (N-methyl/N-ethyl adjacent to an activating group) is 1. The molecule has 1 atom stereocenters. The molecule has 1 heterocycles. The summed E-state index contributed by atoms with van der Waals surface area (Å²) in [6.07, 6.45) is 0. The summed E-state index contributed by atoms with van der Waals surface area (Å²) in [5, 5.41) is 15.9. The summed E-state index contributed by atoms with van der Waals surface area (Å²) >= 11 is 7.50. The number of hydrogen-bond donors (Lipinski definition) is 2. The molecular formula is C15H17ClN3O3S+. The van der Waals surface area contributed by atoms with Gasteiger partial charge in [-0.3, -0.25) is 14.9 Å². The molecule has 0 aliphatic rings. The minimum Gasteiger partial charge on any atom is -0.323 e. The zero-order chi connectivity index (χ0) is 16.8. The highest BCUT2D eigenvalue weighted by Crippen LogP contribution is 2.27. The number of benzene rings is 1. The molecule has 2 N–H and O–H groups in total. The number of carbonyl (C=O) groups excluding carboxylic acids is 1. The van der Waals surface area contributed by atoms with Crippen LogP contribution in [-0.4, -0.2) is 23.9 Å². The highest BCUT2D eigenvalue weighted by Gasteiger charge is 2.19. The highest BCUT2D eigenvalue weighted by molar-refractivity contribution is 7.09. The van der Waals surface area contributed by atoms with Gasteiger partial charge in [-0.2, -0.15) is 0 Å². The van der Waals surface area contributed by atoms with Crippen molar-refractivity contribution in [2.24, 2.45) is 0 Å². The monoisotopic (exact) mass is 354 g/mol. The van der Waals surface area contributed by atoms with Gasteiger partial charge in [-0.1, -0.05) is 17.7 Å². The number of anilines is 1. The van der Waals surface area contributed by atoms with E-state index in [0.717, 1.165) is 18.0 Å². The van der Waals surface area contributed by atoms with Gasteiger partial charge >= 0.3 is 0 Å². The lowest BCUT2D eigenvalue weighted by Crippen LogP contribution is -3.11. The summed E-state index contributed by atoms with van der Waals surface area (Å²) in [7, 11) is 0. The molecule has 0 aliphatic heterocycles. The maximum absolute atomic E-state index is 12.2. The van der Waals surface area contributed by atoms with E-state index >= 15 is 0 Å². The van der Waals surface area contributed by atoms with Crippen molar-refractivity contribution in [1.82, 2.24) is 0 Å². The van der Waals surface area contributed by atoms with Gasteiger partial charge in [0.2, 0.25) is 0 Å². The van der Waals surface area contributed by atoms with Gasteiger partial charge in [-0.05, 0) is 30.5 Å². The molecule has 1 aromatic heterocycles. The second kappa shape index (κ2) is 8.05. The van der Waals surface area contributed by atoms with Crippen molar-refractivity contribution >= 4 is 40.2 Å². The first-order valence-electron chi connectivity index (χ1n) is 7.09. The van der Waals surface area contributed by atoms with Gasteiger partial charge < -0.3 is 10.2 Å². The van der Waals surface area contributed by atoms with Gasteiger partial charge in [0.05, 0.1) is 16.3 Å². The summed E-state index contributed by atoms with van der Waals surface area (Å²) in [6, 6.07) is 8.11. The van der Waals surface area contributed by atoms with Gasteiger partial charge in [-0.15, -0.1) is 11.3 Å². The minimum atomic E-state index is -0.540. The van der Waals surface area contributed by atoms with Crippen molar-refractivity contribution in [3.8, 4) is 0 Å². The molecule has 0 spiro atoms. The van der Waals surface area contributed by atoms with Crippen LogP contribution in [-0.2, 0) is 11.3 Å². The normalized spacial score (nSPS) is 11.9. The Kier molecular flexibility index (Phi) is 6.09. The SMILES string of the molecule is CC[NH+](CC(=O)Nc1cc(Cl)ccc1[N+](=O)[O-])Cc1cccs1. The van der Waals surface area contributed by atoms with Crippen LogP contribution in [0.2, 0.25) is 5.02 Å². The zero-order valence-electron chi connectivity index (χ0n) is 12.5. The molecule has 0 saturated heterocycles. The van der Waals surface area contributed by atoms with E-state index in [1.807, 2.05) is 24.4 Å². The molecule has 2 rings (SSSR count). The molecule has 0 fully saturated rings. The van der Waals surface area contributed by atoms with Gasteiger partial charge in [0.1, 0.15) is 12.2 Å². The van der Waals surface area contributed by atoms with Gasteiger partial charge in [0, 0.05) is 11.1 Å². The number of carbonyl (C=O) groups is 1. The lowest BCUT2D eigenvalue weighted by molar-refractivity contribution is -0.903. The Morgan fingerprint density at radius 3 is 2.83 bits per heavy atom. The van der Waals surface area contributed by atoms with Gasteiger partial charge in [0.25, 0.3) is 11.6 Å². The summed E-state index contributed by atoms with van der Waals surface area (Å²) < 4.78 is 0. The van der Waals surface area contributed by atoms with E-state index in [9.17, 15) is 14.9 Å². The number of nitro groups is 1. The van der Waals surface area contributed by atoms with Crippen LogP contribution in [0.3, 0.4) is 0 Å². The van der Waals surface area contributed by atoms with Crippen molar-refractivity contribution in [2.75, 3.05) is 18.4 Å². The number of halogens is 1. The van der Waals surface area contributed by atoms with Crippen molar-refractivity contribution < 1.29 is 14.6 Å². The first-order chi connectivity index (χ1) is 11.0. The third-order valence-corrected chi connectivity index (χ3v) is 4.46. The Hall–Kier alpha value is -1.96. The predicted molar refractivity (Wildman–Crippen MR) is 91.1 cm³/mol. The number of quaternary nitrogens is 1. The maximum atomic E-state index is 12.2. The van der Waals surface area contributed by atoms with Crippen LogP contribution >= 0.6 is 22.9 Å². The Bertz CT molecular complexity index is 691. The molecule has 6 nitrogen and oxygen atoms in total. The first-order valence-corrected chi connectivity index (χ1v) is 8.35. The third kappa shape index (κ3) is 5.02. The molecular weight excluding hydrogens is 338 g/mol. The summed E-state index contributed by atoms with van der Waals surface area (Å²) in [4.78, 5) is 25.0. The lowest BCUT2D eigenvalue weighted by atomic mass is 10.2. The molecule has 0 radical (unpaired) electrons. The third-order valence-electron chi connectivity index (χ3n) is 3.34. The fraction of sp³-hybridized carbons (Fsp3) is 0.267. The molecule has 2 aromatic rings. The van der Waals surface area contributed by atoms with E-state index in [4.69, 9.17) is 11.6 Å². The molecule has 23 heavy (non-hydrogen) atoms. The van der Waals surface area contributed by atoms with E-state index in [-0.39, 0.29) is 23.8 Å². The lowest BCUT2D eigenvalue weighted by Gasteiger charge is -2.16. The number of amides is 1. The summed E-state index contributed by atoms with van der Waals surface area (Å²) in [5.74, 6) is -0.274. The fourth-order valence-corrected chi connectivity index (χ4v) is 3.11. The van der Waals surface area contributed by atoms with Gasteiger partial charge in [0.15, 0.2) is 6.54 Å². The fourth-order valence-electron chi connectivity index (χ4n) is 2.16. The van der Waals surface area contributed by atoms with Crippen LogP contribution < -0.4 is 10.2 Å². The Balaban J connectivity index is 2.03. The molecule has 0 bridgehead atoms. The van der Waals surface area contributed by atoms with E-state index in [0.29, 0.717) is 5.02 Å². The van der Waals surface area contributed by atoms with Crippen LogP contribution in [0, 0.1) is 10.1 Å². The average Bonchev–Trinajstić information content (AvgIpc) is 2.99. The summed E-state index contributed by atoms with van der Waals surface area (Å²) in [6.45, 7) is 3.76. The number of nitro benzene ring substituents is 1. The number of hydrogen-bond acceptors (Lipinski definition) is 4. The molecule has 8 heteroatoms. The van der Waals surface area contributed by atoms with Crippen LogP contribution in [0.5, 0.6) is 0 Å². The number of nitrogens with one attached hydrogen (secondary N) is 2. The number of rotatable bonds is 7. The molecule has 1 aromatic carbocycles. The second-order valence-corrected chi connectivity index (χ2v) is 6.47. The van der Waals surface area contributed by atoms with Crippen LogP contribution in [0.4, 0.5) is 11.4 Å². The minimum absolute atomic E-state index is 0.124. The van der Waals surface area contributed by atoms with E-state index in [2.05, 4.69) is 5.32 Å². The van der Waals surface area contributed by atoms with E-state index in [1.54, 1.807) is 11.3 Å². The molecule has 1 unspecified atom stereocenters. The Morgan fingerprint density at radius 2 is 2.22 bits per heavy atom. The van der Waals surface area contributed by atoms with Crippen LogP contribution in [0.1, 0.15) is 11.8 Å². The largest absolute Gasteiger partial charge is 0.323 e. The van der Waals surface area contributed by atoms with Crippen LogP contribution in [0.25, 0.3) is 0 Å². The highest BCUT2D eigenvalue weighted by atomic mass is 35.5. The Morgan fingerprint density at radius 1 is 1.43 bits per heavy atom. The average molecular weight is 355 g/mol. The number of nitrogens with zero attached hydrogens (tertiary/aromatic N) is 1. The zero-order valence-corrected chi connectivity index (χ0v) is 14.1. The first kappa shape index (κ1) is 17.4. The van der Waals surface area contributed by atoms with Crippen LogP contribution in [0.15, 0.2) is 35.7 Å². The Labute approximate surface area is 142 Å². The molecule has 0 saturated carbocycles. The van der Waals surface area contributed by atoms with E-state index in [1.165, 1.54) is 23.1 Å².